The molecule has 1 amide bonds. The Morgan fingerprint density at radius 3 is 2.56 bits per heavy atom. The largest absolute Gasteiger partial charge is 0.454 e. The molecule has 1 N–H and O–H groups in total. The maximum Gasteiger partial charge on any atom is 0.255 e. The van der Waals surface area contributed by atoms with E-state index in [1.54, 1.807) is 24.4 Å². The molecule has 2 heterocycles. The van der Waals surface area contributed by atoms with E-state index in [1.165, 1.54) is 24.3 Å². The average Bonchev–Trinajstić information content (AvgIpc) is 3.37. The molecule has 9 heteroatoms. The van der Waals surface area contributed by atoms with Gasteiger partial charge in [0.15, 0.2) is 11.6 Å². The molecule has 34 heavy (non-hydrogen) atoms. The molecule has 0 aliphatic carbocycles. The van der Waals surface area contributed by atoms with E-state index in [4.69, 9.17) is 16.3 Å². The van der Waals surface area contributed by atoms with Gasteiger partial charge in [-0.05, 0) is 55.3 Å². The number of rotatable bonds is 5. The van der Waals surface area contributed by atoms with Crippen LogP contribution in [0.2, 0.25) is 5.02 Å². The average molecular weight is 481 g/mol. The van der Waals surface area contributed by atoms with Crippen LogP contribution in [0.4, 0.5) is 20.3 Å². The van der Waals surface area contributed by atoms with Crippen molar-refractivity contribution in [2.45, 2.75) is 12.8 Å². The van der Waals surface area contributed by atoms with Crippen LogP contribution in [-0.4, -0.2) is 29.0 Å². The molecule has 1 saturated heterocycles. The summed E-state index contributed by atoms with van der Waals surface area (Å²) in [7, 11) is 0. The summed E-state index contributed by atoms with van der Waals surface area (Å²) in [5.41, 5.74) is 1.63. The van der Waals surface area contributed by atoms with E-state index in [1.807, 2.05) is 0 Å². The molecule has 0 atom stereocenters. The van der Waals surface area contributed by atoms with Crippen molar-refractivity contribution in [3.05, 3.63) is 83.0 Å². The van der Waals surface area contributed by atoms with E-state index in [2.05, 4.69) is 20.2 Å². The van der Waals surface area contributed by atoms with Gasteiger partial charge in [0, 0.05) is 36.5 Å². The van der Waals surface area contributed by atoms with E-state index in [9.17, 15) is 13.6 Å². The predicted octanol–water partition coefficient (Wildman–Crippen LogP) is 6.21. The lowest BCUT2D eigenvalue weighted by Crippen LogP contribution is -2.19. The van der Waals surface area contributed by atoms with E-state index >= 15 is 0 Å². The molecule has 1 fully saturated rings. The topological polar surface area (TPSA) is 67.3 Å². The van der Waals surface area contributed by atoms with E-state index in [-0.39, 0.29) is 22.0 Å². The Hall–Kier alpha value is -3.78. The molecule has 3 aromatic carbocycles. The van der Waals surface area contributed by atoms with Crippen molar-refractivity contribution in [2.75, 3.05) is 23.3 Å². The Bertz CT molecular complexity index is 1390. The second kappa shape index (κ2) is 9.23. The first-order valence-corrected chi connectivity index (χ1v) is 11.1. The minimum Gasteiger partial charge on any atom is -0.454 e. The number of nitrogens with zero attached hydrogens (tertiary/aromatic N) is 3. The van der Waals surface area contributed by atoms with Gasteiger partial charge in [-0.3, -0.25) is 9.78 Å². The number of carbonyl (C=O) groups is 1. The molecule has 1 aliphatic rings. The highest BCUT2D eigenvalue weighted by Crippen LogP contribution is 2.29. The Labute approximate surface area is 199 Å². The number of fused-ring (bicyclic) bond motifs is 1. The molecule has 0 radical (unpaired) electrons. The van der Waals surface area contributed by atoms with Gasteiger partial charge >= 0.3 is 0 Å². The third kappa shape index (κ3) is 4.63. The Morgan fingerprint density at radius 2 is 1.79 bits per heavy atom. The summed E-state index contributed by atoms with van der Waals surface area (Å²) in [6.07, 6.45) is 4.03. The van der Waals surface area contributed by atoms with Crippen LogP contribution in [0.5, 0.6) is 11.5 Å². The lowest BCUT2D eigenvalue weighted by molar-refractivity contribution is 0.102. The fourth-order valence-corrected chi connectivity index (χ4v) is 3.89. The summed E-state index contributed by atoms with van der Waals surface area (Å²) in [5, 5.41) is 2.44. The lowest BCUT2D eigenvalue weighted by Gasteiger charge is -2.16. The summed E-state index contributed by atoms with van der Waals surface area (Å²) >= 11 is 5.64. The quantitative estimate of drug-likeness (QED) is 0.368. The number of anilines is 2. The molecule has 6 nitrogen and oxygen atoms in total. The molecule has 0 unspecified atom stereocenters. The minimum atomic E-state index is -0.711. The van der Waals surface area contributed by atoms with Crippen LogP contribution in [0.15, 0.2) is 60.8 Å². The molecular weight excluding hydrogens is 462 g/mol. The highest BCUT2D eigenvalue weighted by molar-refractivity contribution is 6.30. The van der Waals surface area contributed by atoms with Crippen molar-refractivity contribution >= 4 is 40.0 Å². The van der Waals surface area contributed by atoms with Crippen molar-refractivity contribution in [2.24, 2.45) is 0 Å². The second-order valence-corrected chi connectivity index (χ2v) is 8.31. The molecule has 1 aliphatic heterocycles. The molecule has 1 aromatic heterocycles. The van der Waals surface area contributed by atoms with E-state index < -0.39 is 17.5 Å². The van der Waals surface area contributed by atoms with E-state index in [0.717, 1.165) is 43.9 Å². The third-order valence-corrected chi connectivity index (χ3v) is 5.84. The number of halogens is 3. The standard InChI is InChI=1S/C25H19ClF2N4O2/c26-18-6-3-15(11-19(18)27)25(33)30-16-4-8-23(20(28)12-16)34-17-5-7-21-22(13-17)31-24(14-29-21)32-9-1-2-10-32/h3-8,11-14H,1-2,9-10H2,(H,30,33). The van der Waals surface area contributed by atoms with Crippen molar-refractivity contribution in [3.8, 4) is 11.5 Å². The maximum absolute atomic E-state index is 14.7. The summed E-state index contributed by atoms with van der Waals surface area (Å²) < 4.78 is 34.0. The third-order valence-electron chi connectivity index (χ3n) is 5.53. The number of carbonyl (C=O) groups excluding carboxylic acids is 1. The van der Waals surface area contributed by atoms with Crippen molar-refractivity contribution in [1.82, 2.24) is 9.97 Å². The normalized spacial score (nSPS) is 13.3. The van der Waals surface area contributed by atoms with Crippen LogP contribution in [0, 0.1) is 11.6 Å². The van der Waals surface area contributed by atoms with Crippen LogP contribution >= 0.6 is 11.6 Å². The van der Waals surface area contributed by atoms with E-state index in [0.29, 0.717) is 16.8 Å². The molecule has 0 bridgehead atoms. The molecule has 0 spiro atoms. The Morgan fingerprint density at radius 1 is 0.971 bits per heavy atom. The lowest BCUT2D eigenvalue weighted by atomic mass is 10.2. The van der Waals surface area contributed by atoms with Gasteiger partial charge in [0.05, 0.1) is 22.3 Å². The van der Waals surface area contributed by atoms with Gasteiger partial charge in [-0.2, -0.15) is 0 Å². The van der Waals surface area contributed by atoms with Crippen molar-refractivity contribution < 1.29 is 18.3 Å². The molecular formula is C25H19ClF2N4O2. The highest BCUT2D eigenvalue weighted by Gasteiger charge is 2.15. The number of ether oxygens (including phenoxy) is 1. The summed E-state index contributed by atoms with van der Waals surface area (Å²) in [5.74, 6) is -0.764. The maximum atomic E-state index is 14.7. The molecule has 172 valence electrons. The number of aromatic nitrogens is 2. The van der Waals surface area contributed by atoms with Gasteiger partial charge in [0.25, 0.3) is 5.91 Å². The Balaban J connectivity index is 1.32. The predicted molar refractivity (Wildman–Crippen MR) is 127 cm³/mol. The number of hydrogen-bond acceptors (Lipinski definition) is 5. The minimum absolute atomic E-state index is 0.0152. The first-order chi connectivity index (χ1) is 16.5. The van der Waals surface area contributed by atoms with Gasteiger partial charge in [0.1, 0.15) is 17.4 Å². The SMILES string of the molecule is O=C(Nc1ccc(Oc2ccc3ncc(N4CCCC4)nc3c2)c(F)c1)c1ccc(Cl)c(F)c1. The van der Waals surface area contributed by atoms with Crippen LogP contribution in [0.3, 0.4) is 0 Å². The number of amides is 1. The number of hydrogen-bond donors (Lipinski definition) is 1. The zero-order chi connectivity index (χ0) is 23.7. The fourth-order valence-electron chi connectivity index (χ4n) is 3.77. The van der Waals surface area contributed by atoms with Gasteiger partial charge in [-0.15, -0.1) is 0 Å². The molecule has 0 saturated carbocycles. The highest BCUT2D eigenvalue weighted by atomic mass is 35.5. The van der Waals surface area contributed by atoms with Crippen LogP contribution < -0.4 is 15.0 Å². The van der Waals surface area contributed by atoms with Crippen molar-refractivity contribution in [3.63, 3.8) is 0 Å². The van der Waals surface area contributed by atoms with Crippen LogP contribution in [-0.2, 0) is 0 Å². The van der Waals surface area contributed by atoms with Crippen LogP contribution in [0.1, 0.15) is 23.2 Å². The Kier molecular flexibility index (Phi) is 5.98. The smallest absolute Gasteiger partial charge is 0.255 e. The second-order valence-electron chi connectivity index (χ2n) is 7.90. The van der Waals surface area contributed by atoms with Crippen molar-refractivity contribution in [1.29, 1.82) is 0 Å². The zero-order valence-corrected chi connectivity index (χ0v) is 18.6. The fraction of sp³-hybridized carbons (Fsp3) is 0.160. The van der Waals surface area contributed by atoms with Gasteiger partial charge in [0.2, 0.25) is 0 Å². The first-order valence-electron chi connectivity index (χ1n) is 10.7. The van der Waals surface area contributed by atoms with Gasteiger partial charge < -0.3 is 15.0 Å². The summed E-state index contributed by atoms with van der Waals surface area (Å²) in [6, 6.07) is 12.9. The first kappa shape index (κ1) is 22.0. The molecule has 5 rings (SSSR count). The number of benzene rings is 3. The summed E-state index contributed by atoms with van der Waals surface area (Å²) in [6.45, 7) is 1.91. The zero-order valence-electron chi connectivity index (χ0n) is 17.9. The summed E-state index contributed by atoms with van der Waals surface area (Å²) in [4.78, 5) is 23.6. The molecule has 4 aromatic rings. The monoisotopic (exact) mass is 480 g/mol. The number of nitrogens with one attached hydrogen (secondary N) is 1. The van der Waals surface area contributed by atoms with Gasteiger partial charge in [-0.25, -0.2) is 13.8 Å². The van der Waals surface area contributed by atoms with Crippen LogP contribution in [0.25, 0.3) is 11.0 Å². The van der Waals surface area contributed by atoms with Gasteiger partial charge in [-0.1, -0.05) is 11.6 Å².